The first-order chi connectivity index (χ1) is 9.93. The van der Waals surface area contributed by atoms with Gasteiger partial charge in [-0.15, -0.1) is 0 Å². The monoisotopic (exact) mass is 291 g/mol. The van der Waals surface area contributed by atoms with Crippen LogP contribution in [0.3, 0.4) is 0 Å². The maximum Gasteiger partial charge on any atom is 0.309 e. The molecule has 1 aliphatic heterocycles. The Morgan fingerprint density at radius 1 is 1.48 bits per heavy atom. The Morgan fingerprint density at radius 3 is 2.90 bits per heavy atom. The average Bonchev–Trinajstić information content (AvgIpc) is 2.47. The number of hydrogen-bond acceptors (Lipinski definition) is 3. The van der Waals surface area contributed by atoms with Gasteiger partial charge in [0.05, 0.1) is 12.5 Å². The van der Waals surface area contributed by atoms with E-state index in [0.717, 1.165) is 38.2 Å². The number of carboxylic acid groups (broad SMARTS) is 1. The lowest BCUT2D eigenvalue weighted by atomic mass is 9.74. The van der Waals surface area contributed by atoms with E-state index in [1.165, 1.54) is 5.56 Å². The van der Waals surface area contributed by atoms with Gasteiger partial charge in [0.15, 0.2) is 0 Å². The average molecular weight is 291 g/mol. The predicted molar refractivity (Wildman–Crippen MR) is 82.4 cm³/mol. The molecule has 2 rings (SSSR count). The summed E-state index contributed by atoms with van der Waals surface area (Å²) in [6.07, 6.45) is 2.05. The zero-order chi connectivity index (χ0) is 15.5. The zero-order valence-corrected chi connectivity index (χ0v) is 13.1. The van der Waals surface area contributed by atoms with Crippen molar-refractivity contribution in [3.05, 3.63) is 29.8 Å². The number of aliphatic carboxylic acids is 1. The largest absolute Gasteiger partial charge is 0.497 e. The van der Waals surface area contributed by atoms with Gasteiger partial charge >= 0.3 is 5.97 Å². The first-order valence-corrected chi connectivity index (χ1v) is 7.52. The number of likely N-dealkylation sites (tertiary alicyclic amines) is 1. The number of carbonyl (C=O) groups is 1. The van der Waals surface area contributed by atoms with Crippen molar-refractivity contribution in [2.24, 2.45) is 11.3 Å². The van der Waals surface area contributed by atoms with Crippen LogP contribution in [-0.4, -0.2) is 36.2 Å². The molecule has 1 saturated heterocycles. The minimum absolute atomic E-state index is 0.203. The summed E-state index contributed by atoms with van der Waals surface area (Å²) < 4.78 is 5.25. The first kappa shape index (κ1) is 15.8. The van der Waals surface area contributed by atoms with Crippen LogP contribution in [0.1, 0.15) is 32.3 Å². The van der Waals surface area contributed by atoms with Crippen LogP contribution in [0.5, 0.6) is 5.75 Å². The molecule has 1 aromatic carbocycles. The van der Waals surface area contributed by atoms with Crippen molar-refractivity contribution in [3.63, 3.8) is 0 Å². The molecular weight excluding hydrogens is 266 g/mol. The Morgan fingerprint density at radius 2 is 2.24 bits per heavy atom. The number of nitrogens with zero attached hydrogens (tertiary/aromatic N) is 1. The second-order valence-electron chi connectivity index (χ2n) is 6.45. The Kier molecular flexibility index (Phi) is 4.88. The highest BCUT2D eigenvalue weighted by atomic mass is 16.5. The first-order valence-electron chi connectivity index (χ1n) is 7.52. The number of methoxy groups -OCH3 is 1. The van der Waals surface area contributed by atoms with E-state index in [0.29, 0.717) is 0 Å². The third-order valence-corrected chi connectivity index (χ3v) is 4.62. The standard InChI is InChI=1S/C17H25NO3/c1-17(2,16(19)20)14-7-5-9-18(12-14)11-13-6-4-8-15(10-13)21-3/h4,6,8,10,14H,5,7,9,11-12H2,1-3H3,(H,19,20). The zero-order valence-electron chi connectivity index (χ0n) is 13.1. The summed E-state index contributed by atoms with van der Waals surface area (Å²) in [5, 5.41) is 9.40. The lowest BCUT2D eigenvalue weighted by Crippen LogP contribution is -2.44. The number of piperidine rings is 1. The molecule has 0 amide bonds. The molecule has 0 aromatic heterocycles. The highest BCUT2D eigenvalue weighted by Gasteiger charge is 2.38. The summed E-state index contributed by atoms with van der Waals surface area (Å²) in [7, 11) is 1.67. The molecule has 0 aliphatic carbocycles. The molecule has 1 unspecified atom stereocenters. The third-order valence-electron chi connectivity index (χ3n) is 4.62. The van der Waals surface area contributed by atoms with Gasteiger partial charge in [0.2, 0.25) is 0 Å². The van der Waals surface area contributed by atoms with Crippen molar-refractivity contribution < 1.29 is 14.6 Å². The smallest absolute Gasteiger partial charge is 0.309 e. The van der Waals surface area contributed by atoms with Crippen molar-refractivity contribution in [3.8, 4) is 5.75 Å². The van der Waals surface area contributed by atoms with Gasteiger partial charge in [-0.3, -0.25) is 9.69 Å². The van der Waals surface area contributed by atoms with Crippen molar-refractivity contribution in [1.82, 2.24) is 4.90 Å². The molecule has 1 aromatic rings. The van der Waals surface area contributed by atoms with E-state index in [4.69, 9.17) is 4.74 Å². The fourth-order valence-electron chi connectivity index (χ4n) is 2.99. The van der Waals surface area contributed by atoms with Crippen LogP contribution in [0, 0.1) is 11.3 Å². The Labute approximate surface area is 126 Å². The molecule has 1 fully saturated rings. The second-order valence-corrected chi connectivity index (χ2v) is 6.45. The summed E-state index contributed by atoms with van der Waals surface area (Å²) in [6.45, 7) is 6.41. The summed E-state index contributed by atoms with van der Waals surface area (Å²) in [4.78, 5) is 13.8. The lowest BCUT2D eigenvalue weighted by molar-refractivity contribution is -0.151. The summed E-state index contributed by atoms with van der Waals surface area (Å²) in [5.74, 6) is 0.372. The number of ether oxygens (including phenoxy) is 1. The van der Waals surface area contributed by atoms with Crippen LogP contribution in [0.2, 0.25) is 0 Å². The van der Waals surface area contributed by atoms with E-state index < -0.39 is 11.4 Å². The molecule has 0 saturated carbocycles. The minimum Gasteiger partial charge on any atom is -0.497 e. The number of rotatable bonds is 5. The van der Waals surface area contributed by atoms with Crippen LogP contribution >= 0.6 is 0 Å². The van der Waals surface area contributed by atoms with Gasteiger partial charge in [0, 0.05) is 13.1 Å². The van der Waals surface area contributed by atoms with Crippen LogP contribution in [0.4, 0.5) is 0 Å². The van der Waals surface area contributed by atoms with Crippen LogP contribution in [0.15, 0.2) is 24.3 Å². The number of hydrogen-bond donors (Lipinski definition) is 1. The molecule has 0 radical (unpaired) electrons. The maximum atomic E-state index is 11.4. The molecule has 1 N–H and O–H groups in total. The van der Waals surface area contributed by atoms with Crippen molar-refractivity contribution in [2.45, 2.75) is 33.2 Å². The highest BCUT2D eigenvalue weighted by Crippen LogP contribution is 2.34. The number of benzene rings is 1. The number of carboxylic acids is 1. The summed E-state index contributed by atoms with van der Waals surface area (Å²) >= 11 is 0. The van der Waals surface area contributed by atoms with E-state index in [-0.39, 0.29) is 5.92 Å². The van der Waals surface area contributed by atoms with Gasteiger partial charge in [-0.2, -0.15) is 0 Å². The molecule has 1 aliphatic rings. The third kappa shape index (κ3) is 3.76. The normalized spacial score (nSPS) is 20.2. The van der Waals surface area contributed by atoms with Gasteiger partial charge in [0.25, 0.3) is 0 Å². The fraction of sp³-hybridized carbons (Fsp3) is 0.588. The van der Waals surface area contributed by atoms with E-state index in [1.54, 1.807) is 7.11 Å². The van der Waals surface area contributed by atoms with Crippen LogP contribution in [0.25, 0.3) is 0 Å². The molecule has 1 atom stereocenters. The van der Waals surface area contributed by atoms with Gasteiger partial charge in [0.1, 0.15) is 5.75 Å². The molecule has 21 heavy (non-hydrogen) atoms. The summed E-state index contributed by atoms with van der Waals surface area (Å²) in [6, 6.07) is 8.08. The Bertz CT molecular complexity index is 499. The van der Waals surface area contributed by atoms with Gasteiger partial charge in [-0.25, -0.2) is 0 Å². The van der Waals surface area contributed by atoms with Gasteiger partial charge in [-0.05, 0) is 56.8 Å². The molecule has 0 spiro atoms. The van der Waals surface area contributed by atoms with Gasteiger partial charge in [-0.1, -0.05) is 12.1 Å². The fourth-order valence-corrected chi connectivity index (χ4v) is 2.99. The van der Waals surface area contributed by atoms with E-state index >= 15 is 0 Å². The second kappa shape index (κ2) is 6.48. The SMILES string of the molecule is COc1cccc(CN2CCCC(C(C)(C)C(=O)O)C2)c1. The van der Waals surface area contributed by atoms with E-state index in [2.05, 4.69) is 11.0 Å². The molecule has 4 heteroatoms. The summed E-state index contributed by atoms with van der Waals surface area (Å²) in [5.41, 5.74) is 0.552. The molecule has 0 bridgehead atoms. The Balaban J connectivity index is 2.02. The van der Waals surface area contributed by atoms with Crippen LogP contribution < -0.4 is 4.74 Å². The molecule has 4 nitrogen and oxygen atoms in total. The minimum atomic E-state index is -0.698. The van der Waals surface area contributed by atoms with Crippen molar-refractivity contribution in [1.29, 1.82) is 0 Å². The van der Waals surface area contributed by atoms with Gasteiger partial charge < -0.3 is 9.84 Å². The quantitative estimate of drug-likeness (QED) is 0.906. The molecule has 1 heterocycles. The highest BCUT2D eigenvalue weighted by molar-refractivity contribution is 5.74. The van der Waals surface area contributed by atoms with Crippen molar-refractivity contribution >= 4 is 5.97 Å². The predicted octanol–water partition coefficient (Wildman–Crippen LogP) is 3.02. The molecule has 116 valence electrons. The molecular formula is C17H25NO3. The Hall–Kier alpha value is -1.55. The van der Waals surface area contributed by atoms with Crippen molar-refractivity contribution in [2.75, 3.05) is 20.2 Å². The lowest BCUT2D eigenvalue weighted by Gasteiger charge is -2.39. The van der Waals surface area contributed by atoms with Crippen LogP contribution in [-0.2, 0) is 11.3 Å². The topological polar surface area (TPSA) is 49.8 Å². The van der Waals surface area contributed by atoms with E-state index in [9.17, 15) is 9.90 Å². The maximum absolute atomic E-state index is 11.4. The van der Waals surface area contributed by atoms with E-state index in [1.807, 2.05) is 32.0 Å².